The van der Waals surface area contributed by atoms with E-state index in [1.807, 2.05) is 38.2 Å². The van der Waals surface area contributed by atoms with E-state index < -0.39 is 0 Å². The van der Waals surface area contributed by atoms with Crippen LogP contribution in [0.3, 0.4) is 0 Å². The van der Waals surface area contributed by atoms with Gasteiger partial charge >= 0.3 is 0 Å². The maximum absolute atomic E-state index is 5.40. The molecule has 0 aromatic carbocycles. The van der Waals surface area contributed by atoms with Crippen LogP contribution >= 0.6 is 0 Å². The Morgan fingerprint density at radius 1 is 1.04 bits per heavy atom. The number of anilines is 1. The van der Waals surface area contributed by atoms with Crippen molar-refractivity contribution >= 4 is 5.82 Å². The van der Waals surface area contributed by atoms with E-state index in [-0.39, 0.29) is 0 Å². The molecule has 0 saturated carbocycles. The van der Waals surface area contributed by atoms with Crippen molar-refractivity contribution in [1.29, 1.82) is 0 Å². The third-order valence-electron chi connectivity index (χ3n) is 4.16. The second-order valence-corrected chi connectivity index (χ2v) is 6.02. The number of rotatable bonds is 3. The van der Waals surface area contributed by atoms with Crippen molar-refractivity contribution in [1.82, 2.24) is 20.1 Å². The molecule has 128 valence electrons. The van der Waals surface area contributed by atoms with Crippen LogP contribution in [0.5, 0.6) is 0 Å². The Morgan fingerprint density at radius 3 is 2.56 bits per heavy atom. The number of hydrogen-bond acceptors (Lipinski definition) is 7. The summed E-state index contributed by atoms with van der Waals surface area (Å²) in [6.45, 7) is 6.96. The van der Waals surface area contributed by atoms with E-state index in [0.29, 0.717) is 11.6 Å². The van der Waals surface area contributed by atoms with Gasteiger partial charge in [-0.15, -0.1) is 0 Å². The molecule has 1 saturated heterocycles. The van der Waals surface area contributed by atoms with Crippen LogP contribution in [0, 0.1) is 13.8 Å². The molecule has 0 amide bonds. The Kier molecular flexibility index (Phi) is 4.15. The van der Waals surface area contributed by atoms with Gasteiger partial charge in [-0.05, 0) is 26.0 Å². The van der Waals surface area contributed by atoms with E-state index in [0.717, 1.165) is 54.6 Å². The molecular weight excluding hydrogens is 318 g/mol. The molecule has 0 spiro atoms. The lowest BCUT2D eigenvalue weighted by atomic mass is 10.1. The number of aromatic nitrogens is 4. The summed E-state index contributed by atoms with van der Waals surface area (Å²) < 4.78 is 10.8. The molecule has 0 atom stereocenters. The van der Waals surface area contributed by atoms with Crippen molar-refractivity contribution in [3.63, 3.8) is 0 Å². The van der Waals surface area contributed by atoms with Gasteiger partial charge in [-0.3, -0.25) is 0 Å². The monoisotopic (exact) mass is 337 g/mol. The maximum Gasteiger partial charge on any atom is 0.170 e. The topological polar surface area (TPSA) is 77.2 Å². The first kappa shape index (κ1) is 15.7. The highest BCUT2D eigenvalue weighted by molar-refractivity contribution is 5.77. The normalized spacial score (nSPS) is 14.7. The molecule has 3 aromatic rings. The summed E-state index contributed by atoms with van der Waals surface area (Å²) >= 11 is 0. The zero-order valence-electron chi connectivity index (χ0n) is 14.3. The second kappa shape index (κ2) is 6.60. The first-order chi connectivity index (χ1) is 12.2. The Labute approximate surface area is 145 Å². The van der Waals surface area contributed by atoms with Crippen LogP contribution in [0.1, 0.15) is 11.5 Å². The van der Waals surface area contributed by atoms with E-state index in [1.54, 1.807) is 6.20 Å². The van der Waals surface area contributed by atoms with Crippen LogP contribution in [0.4, 0.5) is 5.82 Å². The molecule has 1 aliphatic heterocycles. The number of aryl methyl sites for hydroxylation is 2. The van der Waals surface area contributed by atoms with Crippen molar-refractivity contribution in [3.05, 3.63) is 42.1 Å². The largest absolute Gasteiger partial charge is 0.378 e. The summed E-state index contributed by atoms with van der Waals surface area (Å²) in [7, 11) is 0. The number of ether oxygens (including phenoxy) is 1. The van der Waals surface area contributed by atoms with Gasteiger partial charge in [0.05, 0.1) is 30.2 Å². The smallest absolute Gasteiger partial charge is 0.170 e. The van der Waals surface area contributed by atoms with Crippen molar-refractivity contribution in [2.75, 3.05) is 31.2 Å². The van der Waals surface area contributed by atoms with Gasteiger partial charge in [0.2, 0.25) is 0 Å². The molecule has 0 unspecified atom stereocenters. The fourth-order valence-electron chi connectivity index (χ4n) is 2.87. The van der Waals surface area contributed by atoms with E-state index >= 15 is 0 Å². The van der Waals surface area contributed by atoms with Gasteiger partial charge in [0.25, 0.3) is 0 Å². The Bertz CT molecular complexity index is 869. The maximum atomic E-state index is 5.40. The summed E-state index contributed by atoms with van der Waals surface area (Å²) in [5.41, 5.74) is 3.35. The Balaban J connectivity index is 1.70. The molecular formula is C18H19N5O2. The Morgan fingerprint density at radius 2 is 1.88 bits per heavy atom. The van der Waals surface area contributed by atoms with Gasteiger partial charge in [0.1, 0.15) is 11.6 Å². The third kappa shape index (κ3) is 3.23. The van der Waals surface area contributed by atoms with E-state index in [9.17, 15) is 0 Å². The van der Waals surface area contributed by atoms with E-state index in [1.165, 1.54) is 0 Å². The molecule has 1 aliphatic rings. The lowest BCUT2D eigenvalue weighted by Gasteiger charge is -2.27. The van der Waals surface area contributed by atoms with Crippen molar-refractivity contribution < 1.29 is 9.26 Å². The minimum Gasteiger partial charge on any atom is -0.378 e. The molecule has 0 aliphatic carbocycles. The van der Waals surface area contributed by atoms with Crippen LogP contribution < -0.4 is 4.90 Å². The van der Waals surface area contributed by atoms with Crippen LogP contribution in [0.2, 0.25) is 0 Å². The zero-order valence-corrected chi connectivity index (χ0v) is 14.3. The number of nitrogens with zero attached hydrogens (tertiary/aromatic N) is 5. The molecule has 0 N–H and O–H groups in total. The molecule has 0 radical (unpaired) electrons. The predicted molar refractivity (Wildman–Crippen MR) is 93.3 cm³/mol. The summed E-state index contributed by atoms with van der Waals surface area (Å²) in [6.07, 6.45) is 3.62. The minimum absolute atomic E-state index is 0.657. The first-order valence-corrected chi connectivity index (χ1v) is 8.27. The second-order valence-electron chi connectivity index (χ2n) is 6.02. The first-order valence-electron chi connectivity index (χ1n) is 8.27. The van der Waals surface area contributed by atoms with Crippen molar-refractivity contribution in [2.45, 2.75) is 13.8 Å². The van der Waals surface area contributed by atoms with Gasteiger partial charge in [-0.1, -0.05) is 5.16 Å². The third-order valence-corrected chi connectivity index (χ3v) is 4.16. The average Bonchev–Trinajstić information content (AvgIpc) is 3.09. The minimum atomic E-state index is 0.657. The summed E-state index contributed by atoms with van der Waals surface area (Å²) in [5, 5.41) is 3.96. The molecule has 1 fully saturated rings. The summed E-state index contributed by atoms with van der Waals surface area (Å²) in [5.74, 6) is 2.31. The number of hydrogen-bond donors (Lipinski definition) is 0. The van der Waals surface area contributed by atoms with Crippen LogP contribution in [-0.4, -0.2) is 46.4 Å². The molecule has 4 rings (SSSR count). The van der Waals surface area contributed by atoms with E-state index in [4.69, 9.17) is 9.26 Å². The van der Waals surface area contributed by atoms with Gasteiger partial charge in [-0.2, -0.15) is 0 Å². The van der Waals surface area contributed by atoms with Crippen LogP contribution in [0.25, 0.3) is 22.6 Å². The summed E-state index contributed by atoms with van der Waals surface area (Å²) in [6, 6.07) is 5.94. The van der Waals surface area contributed by atoms with Gasteiger partial charge in [0.15, 0.2) is 5.76 Å². The van der Waals surface area contributed by atoms with Crippen molar-refractivity contribution in [3.8, 4) is 22.6 Å². The molecule has 3 aromatic heterocycles. The standard InChI is InChI=1S/C18H19N5O2/c1-12-9-16(25-22-12)15-11-19-13(2)21-18(15)14-3-4-17(20-10-14)23-5-7-24-8-6-23/h3-4,9-11H,5-8H2,1-2H3. The van der Waals surface area contributed by atoms with Crippen molar-refractivity contribution in [2.24, 2.45) is 0 Å². The number of pyridine rings is 1. The zero-order chi connectivity index (χ0) is 17.2. The quantitative estimate of drug-likeness (QED) is 0.727. The lowest BCUT2D eigenvalue weighted by molar-refractivity contribution is 0.122. The highest BCUT2D eigenvalue weighted by atomic mass is 16.5. The van der Waals surface area contributed by atoms with Gasteiger partial charge in [-0.25, -0.2) is 15.0 Å². The number of morpholine rings is 1. The van der Waals surface area contributed by atoms with Crippen LogP contribution in [0.15, 0.2) is 35.1 Å². The van der Waals surface area contributed by atoms with E-state index in [2.05, 4.69) is 25.0 Å². The molecule has 25 heavy (non-hydrogen) atoms. The highest BCUT2D eigenvalue weighted by Crippen LogP contribution is 2.30. The van der Waals surface area contributed by atoms with Gasteiger partial charge in [0, 0.05) is 37.1 Å². The lowest BCUT2D eigenvalue weighted by Crippen LogP contribution is -2.36. The fraction of sp³-hybridized carbons (Fsp3) is 0.333. The SMILES string of the molecule is Cc1cc(-c2cnc(C)nc2-c2ccc(N3CCOCC3)nc2)on1. The Hall–Kier alpha value is -2.80. The fourth-order valence-corrected chi connectivity index (χ4v) is 2.87. The molecule has 4 heterocycles. The molecule has 0 bridgehead atoms. The van der Waals surface area contributed by atoms with Crippen LogP contribution in [-0.2, 0) is 4.74 Å². The summed E-state index contributed by atoms with van der Waals surface area (Å²) in [4.78, 5) is 15.7. The average molecular weight is 337 g/mol. The van der Waals surface area contributed by atoms with Gasteiger partial charge < -0.3 is 14.2 Å². The molecule has 7 heteroatoms. The predicted octanol–water partition coefficient (Wildman–Crippen LogP) is 2.65. The molecule has 7 nitrogen and oxygen atoms in total. The highest BCUT2D eigenvalue weighted by Gasteiger charge is 2.16.